The predicted molar refractivity (Wildman–Crippen MR) is 112 cm³/mol. The molecule has 0 atom stereocenters. The molecule has 1 N–H and O–H groups in total. The number of benzene rings is 2. The fourth-order valence-corrected chi connectivity index (χ4v) is 4.92. The summed E-state index contributed by atoms with van der Waals surface area (Å²) in [6.45, 7) is 6.07. The molecule has 2 aromatic carbocycles. The minimum atomic E-state index is -0.0656. The molecule has 4 saturated heterocycles. The lowest BCUT2D eigenvalue weighted by Gasteiger charge is -2.60. The first-order valence-corrected chi connectivity index (χ1v) is 9.86. The minimum Gasteiger partial charge on any atom is -0.507 e. The van der Waals surface area contributed by atoms with Gasteiger partial charge in [-0.15, -0.1) is 0 Å². The van der Waals surface area contributed by atoms with E-state index in [4.69, 9.17) is 9.84 Å². The smallest absolute Gasteiger partial charge is 0.124 e. The minimum absolute atomic E-state index is 0.0656. The van der Waals surface area contributed by atoms with E-state index in [1.54, 1.807) is 31.5 Å². The summed E-state index contributed by atoms with van der Waals surface area (Å²) in [6, 6.07) is 15.4. The van der Waals surface area contributed by atoms with Gasteiger partial charge in [-0.3, -0.25) is 14.7 Å². The van der Waals surface area contributed by atoms with Crippen LogP contribution >= 0.6 is 0 Å². The third-order valence-corrected chi connectivity index (χ3v) is 5.92. The van der Waals surface area contributed by atoms with Crippen LogP contribution in [0.2, 0.25) is 0 Å². The molecular formula is C22H25N5O2. The lowest BCUT2D eigenvalue weighted by molar-refractivity contribution is -0.149. The van der Waals surface area contributed by atoms with Crippen LogP contribution in [0.1, 0.15) is 11.1 Å². The van der Waals surface area contributed by atoms with Gasteiger partial charge in [0.1, 0.15) is 11.5 Å². The van der Waals surface area contributed by atoms with Gasteiger partial charge in [0.15, 0.2) is 0 Å². The van der Waals surface area contributed by atoms with Gasteiger partial charge in [0, 0.05) is 25.2 Å². The molecule has 0 aromatic heterocycles. The summed E-state index contributed by atoms with van der Waals surface area (Å²) in [5.74, 6) is 0.829. The van der Waals surface area contributed by atoms with Gasteiger partial charge in [-0.1, -0.05) is 30.3 Å². The van der Waals surface area contributed by atoms with Gasteiger partial charge >= 0.3 is 0 Å². The van der Waals surface area contributed by atoms with Crippen LogP contribution in [0.5, 0.6) is 11.5 Å². The van der Waals surface area contributed by atoms with Crippen LogP contribution in [0, 0.1) is 5.41 Å². The van der Waals surface area contributed by atoms with Crippen molar-refractivity contribution in [3.63, 3.8) is 0 Å². The quantitative estimate of drug-likeness (QED) is 0.624. The number of rotatable bonds is 5. The van der Waals surface area contributed by atoms with Crippen molar-refractivity contribution >= 4 is 11.9 Å². The summed E-state index contributed by atoms with van der Waals surface area (Å²) in [5, 5.41) is 19.3. The van der Waals surface area contributed by atoms with Crippen LogP contribution in [0.4, 0.5) is 0 Å². The molecular weight excluding hydrogens is 366 g/mol. The Morgan fingerprint density at radius 1 is 1.00 bits per heavy atom. The zero-order chi connectivity index (χ0) is 19.8. The van der Waals surface area contributed by atoms with Gasteiger partial charge in [-0.25, -0.2) is 0 Å². The number of phenols is 1. The Bertz CT molecular complexity index is 922. The van der Waals surface area contributed by atoms with E-state index in [2.05, 4.69) is 31.9 Å². The molecule has 0 spiro atoms. The second-order valence-corrected chi connectivity index (χ2v) is 8.18. The summed E-state index contributed by atoms with van der Waals surface area (Å²) in [5.41, 5.74) is 2.63. The molecule has 4 heterocycles. The number of aromatic hydroxyl groups is 1. The van der Waals surface area contributed by atoms with Crippen molar-refractivity contribution in [3.05, 3.63) is 59.7 Å². The first-order valence-electron chi connectivity index (χ1n) is 9.86. The standard InChI is InChI=1S/C22H25N5O2/c1-29-19-7-8-20(28)18(9-19)10-23-24-21(17-5-3-2-4-6-17)22-11-25-14-26(12-22)16-27(13-22)15-25/h2-10,28H,11-16H2,1H3/b23-10-,24-21-. The molecule has 7 nitrogen and oxygen atoms in total. The van der Waals surface area contributed by atoms with E-state index >= 15 is 0 Å². The largest absolute Gasteiger partial charge is 0.507 e. The number of phenolic OH excluding ortho intramolecular Hbond substituents is 1. The Labute approximate surface area is 170 Å². The maximum atomic E-state index is 10.1. The van der Waals surface area contributed by atoms with Crippen LogP contribution in [0.25, 0.3) is 0 Å². The first-order chi connectivity index (χ1) is 14.1. The third-order valence-electron chi connectivity index (χ3n) is 5.92. The number of hydrogen-bond donors (Lipinski definition) is 1. The van der Waals surface area contributed by atoms with Crippen molar-refractivity contribution < 1.29 is 9.84 Å². The van der Waals surface area contributed by atoms with Crippen LogP contribution in [-0.4, -0.2) is 78.5 Å². The van der Waals surface area contributed by atoms with Crippen molar-refractivity contribution in [1.29, 1.82) is 0 Å². The van der Waals surface area contributed by atoms with E-state index in [-0.39, 0.29) is 11.2 Å². The highest BCUT2D eigenvalue weighted by Crippen LogP contribution is 2.38. The number of hydrogen-bond acceptors (Lipinski definition) is 7. The molecule has 6 rings (SSSR count). The molecule has 150 valence electrons. The number of nitrogens with zero attached hydrogens (tertiary/aromatic N) is 5. The van der Waals surface area contributed by atoms with E-state index < -0.39 is 0 Å². The molecule has 4 bridgehead atoms. The van der Waals surface area contributed by atoms with Gasteiger partial charge in [-0.05, 0) is 23.8 Å². The summed E-state index contributed by atoms with van der Waals surface area (Å²) < 4.78 is 5.25. The highest BCUT2D eigenvalue weighted by Gasteiger charge is 2.51. The molecule has 0 unspecified atom stereocenters. The monoisotopic (exact) mass is 391 g/mol. The van der Waals surface area contributed by atoms with E-state index in [0.29, 0.717) is 11.3 Å². The van der Waals surface area contributed by atoms with Gasteiger partial charge < -0.3 is 9.84 Å². The molecule has 0 amide bonds. The lowest BCUT2D eigenvalue weighted by atomic mass is 9.74. The van der Waals surface area contributed by atoms with E-state index in [1.807, 2.05) is 18.2 Å². The maximum Gasteiger partial charge on any atom is 0.124 e. The van der Waals surface area contributed by atoms with Crippen molar-refractivity contribution in [2.24, 2.45) is 15.6 Å². The molecule has 7 heteroatoms. The molecule has 4 aliphatic heterocycles. The Kier molecular flexibility index (Phi) is 4.58. The summed E-state index contributed by atoms with van der Waals surface area (Å²) in [4.78, 5) is 7.44. The second kappa shape index (κ2) is 7.26. The second-order valence-electron chi connectivity index (χ2n) is 8.18. The highest BCUT2D eigenvalue weighted by atomic mass is 16.5. The summed E-state index contributed by atoms with van der Waals surface area (Å²) in [7, 11) is 1.60. The Morgan fingerprint density at radius 3 is 2.28 bits per heavy atom. The molecule has 0 saturated carbocycles. The van der Waals surface area contributed by atoms with E-state index in [9.17, 15) is 5.11 Å². The van der Waals surface area contributed by atoms with E-state index in [0.717, 1.165) is 50.9 Å². The normalized spacial score (nSPS) is 30.8. The Hall–Kier alpha value is -2.74. The summed E-state index contributed by atoms with van der Waals surface area (Å²) in [6.07, 6.45) is 1.60. The first kappa shape index (κ1) is 18.3. The van der Waals surface area contributed by atoms with Crippen molar-refractivity contribution in [2.75, 3.05) is 46.8 Å². The summed E-state index contributed by atoms with van der Waals surface area (Å²) >= 11 is 0. The average Bonchev–Trinajstić information content (AvgIpc) is 2.72. The molecule has 0 aliphatic carbocycles. The number of ether oxygens (including phenoxy) is 1. The fourth-order valence-electron chi connectivity index (χ4n) is 4.92. The molecule has 2 aromatic rings. The number of methoxy groups -OCH3 is 1. The predicted octanol–water partition coefficient (Wildman–Crippen LogP) is 2.03. The SMILES string of the molecule is COc1ccc(O)c(/C=N\N=C(\c2ccccc2)C23CN4CN(CN(C4)C2)C3)c1. The lowest BCUT2D eigenvalue weighted by Crippen LogP contribution is -2.74. The zero-order valence-electron chi connectivity index (χ0n) is 16.5. The van der Waals surface area contributed by atoms with Crippen molar-refractivity contribution in [3.8, 4) is 11.5 Å². The molecule has 4 aliphatic rings. The molecule has 0 radical (unpaired) electrons. The topological polar surface area (TPSA) is 63.9 Å². The van der Waals surface area contributed by atoms with Crippen LogP contribution in [-0.2, 0) is 0 Å². The average molecular weight is 391 g/mol. The van der Waals surface area contributed by atoms with Gasteiger partial charge in [-0.2, -0.15) is 10.2 Å². The Morgan fingerprint density at radius 2 is 1.66 bits per heavy atom. The van der Waals surface area contributed by atoms with Crippen LogP contribution in [0.15, 0.2) is 58.7 Å². The van der Waals surface area contributed by atoms with Gasteiger partial charge in [0.2, 0.25) is 0 Å². The Balaban J connectivity index is 1.52. The van der Waals surface area contributed by atoms with E-state index in [1.165, 1.54) is 0 Å². The molecule has 29 heavy (non-hydrogen) atoms. The van der Waals surface area contributed by atoms with Crippen LogP contribution in [0.3, 0.4) is 0 Å². The van der Waals surface area contributed by atoms with Crippen molar-refractivity contribution in [2.45, 2.75) is 0 Å². The van der Waals surface area contributed by atoms with Gasteiger partial charge in [0.05, 0.1) is 44.5 Å². The zero-order valence-corrected chi connectivity index (χ0v) is 16.5. The fraction of sp³-hybridized carbons (Fsp3) is 0.364. The third kappa shape index (κ3) is 3.42. The van der Waals surface area contributed by atoms with Crippen molar-refractivity contribution in [1.82, 2.24) is 14.7 Å². The van der Waals surface area contributed by atoms with Crippen LogP contribution < -0.4 is 4.74 Å². The van der Waals surface area contributed by atoms with Gasteiger partial charge in [0.25, 0.3) is 0 Å². The molecule has 4 fully saturated rings. The maximum absolute atomic E-state index is 10.1. The highest BCUT2D eigenvalue weighted by molar-refractivity contribution is 6.05.